The van der Waals surface area contributed by atoms with Crippen LogP contribution in [0.4, 0.5) is 5.69 Å². The average Bonchev–Trinajstić information content (AvgIpc) is 2.85. The van der Waals surface area contributed by atoms with Crippen molar-refractivity contribution in [2.75, 3.05) is 18.2 Å². The maximum absolute atomic E-state index is 12.8. The number of aldehydes is 1. The van der Waals surface area contributed by atoms with Gasteiger partial charge in [-0.25, -0.2) is 0 Å². The molecule has 0 radical (unpaired) electrons. The van der Waals surface area contributed by atoms with Crippen LogP contribution in [0.5, 0.6) is 0 Å². The van der Waals surface area contributed by atoms with Crippen molar-refractivity contribution in [2.45, 2.75) is 5.92 Å². The number of para-hydroxylation sites is 1. The fraction of sp³-hybridized carbons (Fsp3) is 0.158. The van der Waals surface area contributed by atoms with Crippen LogP contribution in [0.25, 0.3) is 5.57 Å². The van der Waals surface area contributed by atoms with E-state index in [2.05, 4.69) is 0 Å². The van der Waals surface area contributed by atoms with Crippen molar-refractivity contribution in [3.05, 3.63) is 70.6 Å². The summed E-state index contributed by atoms with van der Waals surface area (Å²) in [6.07, 6.45) is 2.77. The smallest absolute Gasteiger partial charge is 0.239 e. The van der Waals surface area contributed by atoms with E-state index in [9.17, 15) is 9.59 Å². The summed E-state index contributed by atoms with van der Waals surface area (Å²) in [5, 5.41) is 0. The van der Waals surface area contributed by atoms with E-state index < -0.39 is 5.92 Å². The quantitative estimate of drug-likeness (QED) is 0.636. The SMILES string of the molecule is CS/C(=C(/C=O)c1ccccc1)C1C(=O)N(C)c2ccccc21. The molecule has 1 aliphatic heterocycles. The third kappa shape index (κ3) is 2.59. The molecule has 0 N–H and O–H groups in total. The van der Waals surface area contributed by atoms with Gasteiger partial charge in [-0.1, -0.05) is 48.5 Å². The molecule has 0 spiro atoms. The van der Waals surface area contributed by atoms with Gasteiger partial charge in [0.05, 0.1) is 5.92 Å². The number of amides is 1. The van der Waals surface area contributed by atoms with Crippen molar-refractivity contribution >= 4 is 35.2 Å². The zero-order valence-corrected chi connectivity index (χ0v) is 13.8. The van der Waals surface area contributed by atoms with Crippen molar-refractivity contribution in [1.82, 2.24) is 0 Å². The van der Waals surface area contributed by atoms with Gasteiger partial charge < -0.3 is 4.90 Å². The van der Waals surface area contributed by atoms with E-state index in [0.717, 1.165) is 28.0 Å². The van der Waals surface area contributed by atoms with Crippen LogP contribution in [0.1, 0.15) is 17.0 Å². The highest BCUT2D eigenvalue weighted by molar-refractivity contribution is 8.02. The van der Waals surface area contributed by atoms with E-state index in [4.69, 9.17) is 0 Å². The lowest BCUT2D eigenvalue weighted by molar-refractivity contribution is -0.118. The van der Waals surface area contributed by atoms with Gasteiger partial charge in [0.15, 0.2) is 6.29 Å². The van der Waals surface area contributed by atoms with Gasteiger partial charge >= 0.3 is 0 Å². The molecule has 23 heavy (non-hydrogen) atoms. The molecule has 0 saturated carbocycles. The zero-order chi connectivity index (χ0) is 16.4. The molecule has 4 heteroatoms. The maximum atomic E-state index is 12.8. The van der Waals surface area contributed by atoms with Gasteiger partial charge in [-0.2, -0.15) is 0 Å². The van der Waals surface area contributed by atoms with E-state index in [1.54, 1.807) is 11.9 Å². The minimum Gasteiger partial charge on any atom is -0.314 e. The molecule has 0 aliphatic carbocycles. The molecule has 2 aromatic rings. The summed E-state index contributed by atoms with van der Waals surface area (Å²) in [6.45, 7) is 0. The Labute approximate surface area is 140 Å². The Balaban J connectivity index is 2.20. The van der Waals surface area contributed by atoms with Crippen molar-refractivity contribution in [1.29, 1.82) is 0 Å². The van der Waals surface area contributed by atoms with Gasteiger partial charge in [0.1, 0.15) is 0 Å². The van der Waals surface area contributed by atoms with Crippen LogP contribution in [0.15, 0.2) is 59.5 Å². The van der Waals surface area contributed by atoms with Crippen molar-refractivity contribution in [2.24, 2.45) is 0 Å². The highest BCUT2D eigenvalue weighted by Crippen LogP contribution is 2.45. The molecule has 1 unspecified atom stereocenters. The number of nitrogens with zero attached hydrogens (tertiary/aromatic N) is 1. The Hall–Kier alpha value is -2.33. The highest BCUT2D eigenvalue weighted by Gasteiger charge is 2.38. The van der Waals surface area contributed by atoms with Crippen molar-refractivity contribution in [3.8, 4) is 0 Å². The molecule has 1 amide bonds. The van der Waals surface area contributed by atoms with Gasteiger partial charge in [-0.15, -0.1) is 11.8 Å². The first kappa shape index (κ1) is 15.6. The summed E-state index contributed by atoms with van der Waals surface area (Å²) >= 11 is 1.46. The van der Waals surface area contributed by atoms with Crippen LogP contribution in [0, 0.1) is 0 Å². The summed E-state index contributed by atoms with van der Waals surface area (Å²) in [5.74, 6) is -0.405. The van der Waals surface area contributed by atoms with Crippen LogP contribution >= 0.6 is 11.8 Å². The van der Waals surface area contributed by atoms with E-state index in [-0.39, 0.29) is 5.91 Å². The van der Waals surface area contributed by atoms with E-state index in [1.807, 2.05) is 60.9 Å². The fourth-order valence-electron chi connectivity index (χ4n) is 3.01. The number of hydrogen-bond acceptors (Lipinski definition) is 3. The first-order chi connectivity index (χ1) is 11.2. The van der Waals surface area contributed by atoms with Crippen LogP contribution < -0.4 is 4.90 Å². The molecule has 116 valence electrons. The number of carbonyl (C=O) groups excluding carboxylic acids is 2. The van der Waals surface area contributed by atoms with Crippen molar-refractivity contribution < 1.29 is 9.59 Å². The van der Waals surface area contributed by atoms with Gasteiger partial charge in [0.2, 0.25) is 5.91 Å². The molecule has 2 aromatic carbocycles. The Morgan fingerprint density at radius 3 is 2.39 bits per heavy atom. The zero-order valence-electron chi connectivity index (χ0n) is 13.0. The molecule has 1 heterocycles. The Morgan fingerprint density at radius 1 is 1.09 bits per heavy atom. The minimum absolute atomic E-state index is 0.00540. The molecule has 3 rings (SSSR count). The topological polar surface area (TPSA) is 37.4 Å². The fourth-order valence-corrected chi connectivity index (χ4v) is 3.85. The standard InChI is InChI=1S/C19H17NO2S/c1-20-16-11-7-6-10-14(16)17(19(20)22)18(23-2)15(12-21)13-8-4-3-5-9-13/h3-12,17H,1-2H3/b18-15-. The molecule has 0 aromatic heterocycles. The predicted molar refractivity (Wildman–Crippen MR) is 95.5 cm³/mol. The van der Waals surface area contributed by atoms with E-state index in [1.165, 1.54) is 11.8 Å². The molecular formula is C19H17NO2S. The van der Waals surface area contributed by atoms with Crippen LogP contribution in [-0.2, 0) is 9.59 Å². The lowest BCUT2D eigenvalue weighted by atomic mass is 9.95. The molecule has 0 fully saturated rings. The second kappa shape index (κ2) is 6.42. The maximum Gasteiger partial charge on any atom is 0.239 e. The predicted octanol–water partition coefficient (Wildman–Crippen LogP) is 3.72. The lowest BCUT2D eigenvalue weighted by Gasteiger charge is -2.16. The second-order valence-corrected chi connectivity index (χ2v) is 6.20. The molecule has 0 saturated heterocycles. The Bertz CT molecular complexity index is 783. The van der Waals surface area contributed by atoms with Gasteiger partial charge in [-0.3, -0.25) is 9.59 Å². The normalized spacial score (nSPS) is 17.7. The molecule has 1 atom stereocenters. The van der Waals surface area contributed by atoms with Crippen LogP contribution in [0.2, 0.25) is 0 Å². The van der Waals surface area contributed by atoms with E-state index in [0.29, 0.717) is 5.57 Å². The number of hydrogen-bond donors (Lipinski definition) is 0. The molecule has 3 nitrogen and oxygen atoms in total. The number of likely N-dealkylation sites (N-methyl/N-ethyl adjacent to an activating group) is 1. The largest absolute Gasteiger partial charge is 0.314 e. The first-order valence-electron chi connectivity index (χ1n) is 7.34. The Morgan fingerprint density at radius 2 is 1.74 bits per heavy atom. The number of rotatable bonds is 4. The highest BCUT2D eigenvalue weighted by atomic mass is 32.2. The van der Waals surface area contributed by atoms with Crippen LogP contribution in [0.3, 0.4) is 0 Å². The number of fused-ring (bicyclic) bond motifs is 1. The number of anilines is 1. The third-order valence-corrected chi connectivity index (χ3v) is 5.03. The summed E-state index contributed by atoms with van der Waals surface area (Å²) in [7, 11) is 1.78. The number of allylic oxidation sites excluding steroid dienone is 1. The number of benzene rings is 2. The summed E-state index contributed by atoms with van der Waals surface area (Å²) in [6, 6.07) is 17.3. The van der Waals surface area contributed by atoms with Gasteiger partial charge in [0.25, 0.3) is 0 Å². The van der Waals surface area contributed by atoms with Crippen molar-refractivity contribution in [3.63, 3.8) is 0 Å². The summed E-state index contributed by atoms with van der Waals surface area (Å²) in [4.78, 5) is 27.0. The first-order valence-corrected chi connectivity index (χ1v) is 8.56. The number of thioether (sulfide) groups is 1. The van der Waals surface area contributed by atoms with Gasteiger partial charge in [0, 0.05) is 23.2 Å². The monoisotopic (exact) mass is 323 g/mol. The number of carbonyl (C=O) groups is 2. The minimum atomic E-state index is -0.411. The Kier molecular flexibility index (Phi) is 4.35. The van der Waals surface area contributed by atoms with Gasteiger partial charge in [-0.05, 0) is 23.4 Å². The second-order valence-electron chi connectivity index (χ2n) is 5.36. The average molecular weight is 323 g/mol. The van der Waals surface area contributed by atoms with Crippen LogP contribution in [-0.4, -0.2) is 25.5 Å². The molecule has 0 bridgehead atoms. The summed E-state index contributed by atoms with van der Waals surface area (Å²) < 4.78 is 0. The lowest BCUT2D eigenvalue weighted by Crippen LogP contribution is -2.24. The summed E-state index contributed by atoms with van der Waals surface area (Å²) in [5.41, 5.74) is 3.29. The molecular weight excluding hydrogens is 306 g/mol. The van der Waals surface area contributed by atoms with E-state index >= 15 is 0 Å². The molecule has 1 aliphatic rings. The third-order valence-electron chi connectivity index (χ3n) is 4.14.